The molecular formula is C18H18ClNO3. The lowest BCUT2D eigenvalue weighted by atomic mass is 10.1. The van der Waals surface area contributed by atoms with E-state index >= 15 is 0 Å². The van der Waals surface area contributed by atoms with Crippen molar-refractivity contribution in [2.75, 3.05) is 7.11 Å². The lowest BCUT2D eigenvalue weighted by Crippen LogP contribution is -2.34. The number of aliphatic hydroxyl groups excluding tert-OH is 1. The minimum Gasteiger partial charge on any atom is -0.496 e. The highest BCUT2D eigenvalue weighted by Gasteiger charge is 2.31. The largest absolute Gasteiger partial charge is 0.496 e. The second-order valence-electron chi connectivity index (χ2n) is 5.65. The van der Waals surface area contributed by atoms with Crippen LogP contribution >= 0.6 is 11.6 Å². The normalized spacial score (nSPS) is 19.3. The van der Waals surface area contributed by atoms with E-state index in [9.17, 15) is 9.90 Å². The number of fused-ring (bicyclic) bond motifs is 1. The molecule has 0 bridgehead atoms. The second kappa shape index (κ2) is 6.60. The van der Waals surface area contributed by atoms with Crippen LogP contribution in [0.25, 0.3) is 0 Å². The maximum Gasteiger partial charge on any atom is 0.225 e. The first-order chi connectivity index (χ1) is 11.1. The average Bonchev–Trinajstić information content (AvgIpc) is 2.83. The van der Waals surface area contributed by atoms with Crippen LogP contribution in [0.15, 0.2) is 42.5 Å². The standard InChI is InChI=1S/C18H18ClNO3/c1-23-16-7-6-13(19)8-12(16)10-17(22)20-18-14-5-3-2-4-11(14)9-15(18)21/h2-8,15,18,21H,9-10H2,1H3,(H,20,22). The molecule has 4 nitrogen and oxygen atoms in total. The minimum atomic E-state index is -0.599. The molecule has 1 amide bonds. The summed E-state index contributed by atoms with van der Waals surface area (Å²) < 4.78 is 5.26. The molecule has 0 aromatic heterocycles. The number of rotatable bonds is 4. The van der Waals surface area contributed by atoms with Crippen LogP contribution in [-0.4, -0.2) is 24.2 Å². The third-order valence-corrected chi connectivity index (χ3v) is 4.35. The number of hydrogen-bond donors (Lipinski definition) is 2. The predicted molar refractivity (Wildman–Crippen MR) is 88.7 cm³/mol. The predicted octanol–water partition coefficient (Wildman–Crippen LogP) is 2.67. The van der Waals surface area contributed by atoms with Crippen LogP contribution in [0.3, 0.4) is 0 Å². The highest BCUT2D eigenvalue weighted by molar-refractivity contribution is 6.30. The molecule has 1 aliphatic carbocycles. The van der Waals surface area contributed by atoms with Gasteiger partial charge in [0.05, 0.1) is 25.7 Å². The Morgan fingerprint density at radius 2 is 2.13 bits per heavy atom. The summed E-state index contributed by atoms with van der Waals surface area (Å²) in [6.07, 6.45) is 0.106. The summed E-state index contributed by atoms with van der Waals surface area (Å²) in [6, 6.07) is 12.6. The van der Waals surface area contributed by atoms with Gasteiger partial charge in [-0.25, -0.2) is 0 Å². The molecular weight excluding hydrogens is 314 g/mol. The van der Waals surface area contributed by atoms with Gasteiger partial charge in [0.15, 0.2) is 0 Å². The zero-order valence-electron chi connectivity index (χ0n) is 12.8. The average molecular weight is 332 g/mol. The van der Waals surface area contributed by atoms with E-state index in [1.807, 2.05) is 24.3 Å². The molecule has 0 saturated heterocycles. The van der Waals surface area contributed by atoms with Gasteiger partial charge in [-0.05, 0) is 29.3 Å². The number of halogens is 1. The topological polar surface area (TPSA) is 58.6 Å². The van der Waals surface area contributed by atoms with Crippen molar-refractivity contribution in [2.24, 2.45) is 0 Å². The van der Waals surface area contributed by atoms with Crippen molar-refractivity contribution in [3.8, 4) is 5.75 Å². The highest BCUT2D eigenvalue weighted by atomic mass is 35.5. The van der Waals surface area contributed by atoms with Gasteiger partial charge in [-0.3, -0.25) is 4.79 Å². The van der Waals surface area contributed by atoms with Crippen molar-refractivity contribution in [2.45, 2.75) is 25.0 Å². The molecule has 3 rings (SSSR count). The first-order valence-electron chi connectivity index (χ1n) is 7.46. The summed E-state index contributed by atoms with van der Waals surface area (Å²) in [6.45, 7) is 0. The van der Waals surface area contributed by atoms with Gasteiger partial charge in [0.25, 0.3) is 0 Å². The number of carbonyl (C=O) groups excluding carboxylic acids is 1. The fraction of sp³-hybridized carbons (Fsp3) is 0.278. The second-order valence-corrected chi connectivity index (χ2v) is 6.08. The van der Waals surface area contributed by atoms with Crippen molar-refractivity contribution in [3.05, 3.63) is 64.2 Å². The molecule has 2 unspecified atom stereocenters. The molecule has 5 heteroatoms. The van der Waals surface area contributed by atoms with Gasteiger partial charge in [-0.2, -0.15) is 0 Å². The van der Waals surface area contributed by atoms with Gasteiger partial charge >= 0.3 is 0 Å². The highest BCUT2D eigenvalue weighted by Crippen LogP contribution is 2.31. The number of methoxy groups -OCH3 is 1. The van der Waals surface area contributed by atoms with Crippen LogP contribution in [-0.2, 0) is 17.6 Å². The third kappa shape index (κ3) is 3.33. The van der Waals surface area contributed by atoms with Crippen molar-refractivity contribution in [1.82, 2.24) is 5.32 Å². The number of nitrogens with one attached hydrogen (secondary N) is 1. The zero-order chi connectivity index (χ0) is 16.4. The summed E-state index contributed by atoms with van der Waals surface area (Å²) in [4.78, 5) is 12.4. The quantitative estimate of drug-likeness (QED) is 0.905. The number of benzene rings is 2. The van der Waals surface area contributed by atoms with Gasteiger partial charge in [-0.1, -0.05) is 35.9 Å². The molecule has 0 radical (unpaired) electrons. The maximum atomic E-state index is 12.4. The van der Waals surface area contributed by atoms with Crippen molar-refractivity contribution in [3.63, 3.8) is 0 Å². The Labute approximate surface area is 140 Å². The Bertz CT molecular complexity index is 732. The third-order valence-electron chi connectivity index (χ3n) is 4.11. The Morgan fingerprint density at radius 3 is 2.91 bits per heavy atom. The van der Waals surface area contributed by atoms with Crippen LogP contribution in [0.5, 0.6) is 5.75 Å². The summed E-state index contributed by atoms with van der Waals surface area (Å²) in [5, 5.41) is 13.7. The van der Waals surface area contributed by atoms with E-state index in [-0.39, 0.29) is 18.4 Å². The van der Waals surface area contributed by atoms with E-state index in [1.54, 1.807) is 25.3 Å². The molecule has 2 atom stereocenters. The lowest BCUT2D eigenvalue weighted by molar-refractivity contribution is -0.122. The Morgan fingerprint density at radius 1 is 1.35 bits per heavy atom. The van der Waals surface area contributed by atoms with Gasteiger partial charge in [0.1, 0.15) is 5.75 Å². The van der Waals surface area contributed by atoms with E-state index in [0.29, 0.717) is 17.2 Å². The zero-order valence-corrected chi connectivity index (χ0v) is 13.5. The molecule has 2 aromatic rings. The van der Waals surface area contributed by atoms with Gasteiger partial charge in [-0.15, -0.1) is 0 Å². The van der Waals surface area contributed by atoms with E-state index in [4.69, 9.17) is 16.3 Å². The fourth-order valence-electron chi connectivity index (χ4n) is 3.03. The molecule has 0 heterocycles. The smallest absolute Gasteiger partial charge is 0.225 e. The van der Waals surface area contributed by atoms with E-state index < -0.39 is 6.10 Å². The van der Waals surface area contributed by atoms with Crippen LogP contribution in [0.2, 0.25) is 5.02 Å². The van der Waals surface area contributed by atoms with E-state index in [0.717, 1.165) is 16.7 Å². The molecule has 2 N–H and O–H groups in total. The summed E-state index contributed by atoms with van der Waals surface area (Å²) in [7, 11) is 1.56. The van der Waals surface area contributed by atoms with E-state index in [2.05, 4.69) is 5.32 Å². The Kier molecular flexibility index (Phi) is 4.55. The van der Waals surface area contributed by atoms with Crippen molar-refractivity contribution < 1.29 is 14.6 Å². The monoisotopic (exact) mass is 331 g/mol. The lowest BCUT2D eigenvalue weighted by Gasteiger charge is -2.18. The molecule has 0 fully saturated rings. The molecule has 2 aromatic carbocycles. The number of carbonyl (C=O) groups is 1. The number of amides is 1. The van der Waals surface area contributed by atoms with E-state index in [1.165, 1.54) is 0 Å². The van der Waals surface area contributed by atoms with Gasteiger partial charge in [0, 0.05) is 17.0 Å². The van der Waals surface area contributed by atoms with Crippen LogP contribution in [0.4, 0.5) is 0 Å². The number of ether oxygens (including phenoxy) is 1. The first-order valence-corrected chi connectivity index (χ1v) is 7.84. The van der Waals surface area contributed by atoms with Crippen LogP contribution in [0, 0.1) is 0 Å². The van der Waals surface area contributed by atoms with Crippen LogP contribution in [0.1, 0.15) is 22.7 Å². The molecule has 120 valence electrons. The SMILES string of the molecule is COc1ccc(Cl)cc1CC(=O)NC1c2ccccc2CC1O. The van der Waals surface area contributed by atoms with Crippen molar-refractivity contribution >= 4 is 17.5 Å². The molecule has 1 aliphatic rings. The van der Waals surface area contributed by atoms with Gasteiger partial charge in [0.2, 0.25) is 5.91 Å². The molecule has 0 aliphatic heterocycles. The fourth-order valence-corrected chi connectivity index (χ4v) is 3.23. The summed E-state index contributed by atoms with van der Waals surface area (Å²) in [5.74, 6) is 0.447. The summed E-state index contributed by atoms with van der Waals surface area (Å²) in [5.41, 5.74) is 2.77. The maximum absolute atomic E-state index is 12.4. The number of hydrogen-bond acceptors (Lipinski definition) is 3. The molecule has 0 saturated carbocycles. The van der Waals surface area contributed by atoms with Crippen LogP contribution < -0.4 is 10.1 Å². The Balaban J connectivity index is 1.74. The van der Waals surface area contributed by atoms with Gasteiger partial charge < -0.3 is 15.2 Å². The first kappa shape index (κ1) is 15.8. The minimum absolute atomic E-state index is 0.148. The Hall–Kier alpha value is -2.04. The summed E-state index contributed by atoms with van der Waals surface area (Å²) >= 11 is 5.99. The number of aliphatic hydroxyl groups is 1. The molecule has 23 heavy (non-hydrogen) atoms. The van der Waals surface area contributed by atoms with Crippen molar-refractivity contribution in [1.29, 1.82) is 0 Å². The molecule has 0 spiro atoms.